The summed E-state index contributed by atoms with van der Waals surface area (Å²) in [6, 6.07) is 8.32. The van der Waals surface area contributed by atoms with Gasteiger partial charge < -0.3 is 9.47 Å². The summed E-state index contributed by atoms with van der Waals surface area (Å²) in [6.45, 7) is 6.59. The van der Waals surface area contributed by atoms with E-state index in [1.807, 2.05) is 12.1 Å². The molecule has 0 saturated carbocycles. The van der Waals surface area contributed by atoms with Crippen LogP contribution in [-0.2, 0) is 14.8 Å². The maximum Gasteiger partial charge on any atom is 0.294 e. The van der Waals surface area contributed by atoms with Crippen molar-refractivity contribution in [3.05, 3.63) is 57.8 Å². The molecule has 1 aromatic carbocycles. The quantitative estimate of drug-likeness (QED) is 0.121. The SMILES string of the molecule is C=CCN1C(=O)/C(=C/c2ccc(OC)c(OCCCCCCCCC)c2)SC1=NS(=O)(=O)c1ccc(Cl)s1. The second-order valence-corrected chi connectivity index (χ2v) is 13.2. The molecule has 1 amide bonds. The van der Waals surface area contributed by atoms with E-state index in [1.54, 1.807) is 19.3 Å². The molecule has 1 fully saturated rings. The van der Waals surface area contributed by atoms with E-state index >= 15 is 0 Å². The molecule has 0 unspecified atom stereocenters. The summed E-state index contributed by atoms with van der Waals surface area (Å²) < 4.78 is 41.3. The molecule has 0 aliphatic carbocycles. The third-order valence-electron chi connectivity index (χ3n) is 5.69. The van der Waals surface area contributed by atoms with Crippen LogP contribution in [-0.4, -0.2) is 44.7 Å². The molecule has 1 aliphatic heterocycles. The van der Waals surface area contributed by atoms with Crippen molar-refractivity contribution in [3.8, 4) is 11.5 Å². The van der Waals surface area contributed by atoms with Crippen LogP contribution < -0.4 is 9.47 Å². The molecule has 0 N–H and O–H groups in total. The summed E-state index contributed by atoms with van der Waals surface area (Å²) in [5, 5.41) is 0.0644. The van der Waals surface area contributed by atoms with Gasteiger partial charge in [0.2, 0.25) is 0 Å². The zero-order valence-electron chi connectivity index (χ0n) is 21.7. The number of carbonyl (C=O) groups is 1. The summed E-state index contributed by atoms with van der Waals surface area (Å²) in [4.78, 5) is 14.8. The van der Waals surface area contributed by atoms with Gasteiger partial charge in [-0.1, -0.05) is 69.2 Å². The van der Waals surface area contributed by atoms with Gasteiger partial charge in [0.1, 0.15) is 4.21 Å². The van der Waals surface area contributed by atoms with Gasteiger partial charge in [0, 0.05) is 6.54 Å². The van der Waals surface area contributed by atoms with Crippen LogP contribution in [0, 0.1) is 0 Å². The van der Waals surface area contributed by atoms with E-state index in [9.17, 15) is 13.2 Å². The van der Waals surface area contributed by atoms with Crippen LogP contribution in [0.15, 0.2) is 56.5 Å². The highest BCUT2D eigenvalue weighted by Gasteiger charge is 2.34. The molecule has 7 nitrogen and oxygen atoms in total. The van der Waals surface area contributed by atoms with Crippen molar-refractivity contribution in [1.82, 2.24) is 4.90 Å². The van der Waals surface area contributed by atoms with Crippen LogP contribution in [0.1, 0.15) is 57.4 Å². The molecule has 1 saturated heterocycles. The number of halogens is 1. The number of sulfonamides is 1. The lowest BCUT2D eigenvalue weighted by atomic mass is 10.1. The summed E-state index contributed by atoms with van der Waals surface area (Å²) in [7, 11) is -2.44. The molecule has 0 radical (unpaired) electrons. The maximum atomic E-state index is 13.1. The molecule has 3 rings (SSSR count). The molecule has 11 heteroatoms. The van der Waals surface area contributed by atoms with Crippen molar-refractivity contribution >= 4 is 61.9 Å². The molecular formula is C27H33ClN2O5S3. The Balaban J connectivity index is 1.75. The fourth-order valence-corrected chi connectivity index (χ4v) is 7.39. The van der Waals surface area contributed by atoms with E-state index in [4.69, 9.17) is 21.1 Å². The molecule has 38 heavy (non-hydrogen) atoms. The molecular weight excluding hydrogens is 564 g/mol. The molecule has 0 spiro atoms. The Kier molecular flexibility index (Phi) is 11.8. The van der Waals surface area contributed by atoms with Gasteiger partial charge in [-0.15, -0.1) is 22.3 Å². The number of thioether (sulfide) groups is 1. The fourth-order valence-electron chi connectivity index (χ4n) is 3.74. The number of benzene rings is 1. The lowest BCUT2D eigenvalue weighted by Gasteiger charge is -2.12. The number of rotatable bonds is 15. The van der Waals surface area contributed by atoms with Crippen LogP contribution >= 0.6 is 34.7 Å². The lowest BCUT2D eigenvalue weighted by Crippen LogP contribution is -2.29. The minimum atomic E-state index is -4.02. The van der Waals surface area contributed by atoms with Gasteiger partial charge in [-0.2, -0.15) is 8.42 Å². The first-order valence-corrected chi connectivity index (χ1v) is 16.0. The summed E-state index contributed by atoms with van der Waals surface area (Å²) in [6.07, 6.45) is 11.5. The predicted molar refractivity (Wildman–Crippen MR) is 158 cm³/mol. The highest BCUT2D eigenvalue weighted by Crippen LogP contribution is 2.36. The average molecular weight is 597 g/mol. The number of unbranched alkanes of at least 4 members (excludes halogenated alkanes) is 6. The molecule has 1 aromatic heterocycles. The lowest BCUT2D eigenvalue weighted by molar-refractivity contribution is -0.121. The number of nitrogens with zero attached hydrogens (tertiary/aromatic N) is 2. The normalized spacial score (nSPS) is 16.0. The number of amidine groups is 1. The number of ether oxygens (including phenoxy) is 2. The maximum absolute atomic E-state index is 13.1. The number of hydrogen-bond donors (Lipinski definition) is 0. The van der Waals surface area contributed by atoms with Crippen LogP contribution in [0.3, 0.4) is 0 Å². The molecule has 2 aromatic rings. The van der Waals surface area contributed by atoms with Crippen molar-refractivity contribution in [2.45, 2.75) is 56.1 Å². The highest BCUT2D eigenvalue weighted by atomic mass is 35.5. The van der Waals surface area contributed by atoms with Crippen molar-refractivity contribution < 1.29 is 22.7 Å². The van der Waals surface area contributed by atoms with E-state index in [0.717, 1.165) is 41.5 Å². The average Bonchev–Trinajstić information content (AvgIpc) is 3.45. The third kappa shape index (κ3) is 8.36. The van der Waals surface area contributed by atoms with E-state index in [-0.39, 0.29) is 21.8 Å². The first kappa shape index (κ1) is 30.3. The summed E-state index contributed by atoms with van der Waals surface area (Å²) in [5.74, 6) is 0.850. The smallest absolute Gasteiger partial charge is 0.294 e. The molecule has 2 heterocycles. The topological polar surface area (TPSA) is 85.3 Å². The minimum Gasteiger partial charge on any atom is -0.493 e. The van der Waals surface area contributed by atoms with Gasteiger partial charge >= 0.3 is 0 Å². The third-order valence-corrected chi connectivity index (χ3v) is 9.78. The number of methoxy groups -OCH3 is 1. The molecule has 0 atom stereocenters. The van der Waals surface area contributed by atoms with Crippen molar-refractivity contribution in [3.63, 3.8) is 0 Å². The Bertz CT molecular complexity index is 1290. The molecule has 1 aliphatic rings. The summed E-state index contributed by atoms with van der Waals surface area (Å²) >= 11 is 7.81. The van der Waals surface area contributed by atoms with Crippen LogP contribution in [0.4, 0.5) is 0 Å². The van der Waals surface area contributed by atoms with Crippen molar-refractivity contribution in [2.24, 2.45) is 4.40 Å². The van der Waals surface area contributed by atoms with Crippen molar-refractivity contribution in [1.29, 1.82) is 0 Å². The first-order chi connectivity index (χ1) is 18.3. The highest BCUT2D eigenvalue weighted by molar-refractivity contribution is 8.19. The Labute approximate surface area is 238 Å². The van der Waals surface area contributed by atoms with Gasteiger partial charge in [-0.25, -0.2) is 0 Å². The number of amides is 1. The number of carbonyl (C=O) groups excluding carboxylic acids is 1. The second kappa shape index (κ2) is 14.8. The Morgan fingerprint density at radius 3 is 2.47 bits per heavy atom. The minimum absolute atomic E-state index is 0.0111. The summed E-state index contributed by atoms with van der Waals surface area (Å²) in [5.41, 5.74) is 0.726. The van der Waals surface area contributed by atoms with Crippen LogP contribution in [0.2, 0.25) is 4.34 Å². The van der Waals surface area contributed by atoms with Gasteiger partial charge in [-0.05, 0) is 54.1 Å². The predicted octanol–water partition coefficient (Wildman–Crippen LogP) is 7.39. The number of hydrogen-bond acceptors (Lipinski definition) is 7. The number of thiophene rings is 1. The molecule has 0 bridgehead atoms. The fraction of sp³-hybridized carbons (Fsp3) is 0.407. The van der Waals surface area contributed by atoms with E-state index < -0.39 is 10.0 Å². The first-order valence-electron chi connectivity index (χ1n) is 12.5. The Morgan fingerprint density at radius 2 is 1.82 bits per heavy atom. The Hall–Kier alpha value is -2.27. The van der Waals surface area contributed by atoms with Gasteiger partial charge in [-0.3, -0.25) is 9.69 Å². The van der Waals surface area contributed by atoms with E-state index in [0.29, 0.717) is 27.3 Å². The van der Waals surface area contributed by atoms with Crippen molar-refractivity contribution in [2.75, 3.05) is 20.3 Å². The van der Waals surface area contributed by atoms with E-state index in [1.165, 1.54) is 55.2 Å². The van der Waals surface area contributed by atoms with Crippen LogP contribution in [0.25, 0.3) is 6.08 Å². The second-order valence-electron chi connectivity index (χ2n) is 8.60. The van der Waals surface area contributed by atoms with Gasteiger partial charge in [0.25, 0.3) is 15.9 Å². The monoisotopic (exact) mass is 596 g/mol. The zero-order chi connectivity index (χ0) is 27.5. The van der Waals surface area contributed by atoms with Gasteiger partial charge in [0.05, 0.1) is 23.0 Å². The largest absolute Gasteiger partial charge is 0.493 e. The van der Waals surface area contributed by atoms with E-state index in [2.05, 4.69) is 17.9 Å². The van der Waals surface area contributed by atoms with Gasteiger partial charge in [0.15, 0.2) is 16.7 Å². The molecule has 206 valence electrons. The Morgan fingerprint density at radius 1 is 1.08 bits per heavy atom. The standard InChI is InChI=1S/C27H33ClN2O5S3/c1-4-6-7-8-9-10-11-17-35-22-18-20(12-13-21(22)34-3)19-23-26(31)30(16-5-2)27(36-23)29-38(32,33)25-15-14-24(28)37-25/h5,12-15,18-19H,2,4,6-11,16-17H2,1,3H3/b23-19-,29-27?. The van der Waals surface area contributed by atoms with Crippen LogP contribution in [0.5, 0.6) is 11.5 Å². The zero-order valence-corrected chi connectivity index (χ0v) is 24.9.